The normalized spacial score (nSPS) is 14.5. The van der Waals surface area contributed by atoms with Crippen molar-refractivity contribution in [3.05, 3.63) is 24.3 Å². The topological polar surface area (TPSA) is 172 Å². The first-order chi connectivity index (χ1) is 20.6. The highest BCUT2D eigenvalue weighted by molar-refractivity contribution is 7.47. The van der Waals surface area contributed by atoms with Crippen LogP contribution in [0.1, 0.15) is 123 Å². The van der Waals surface area contributed by atoms with E-state index in [-0.39, 0.29) is 19.4 Å². The van der Waals surface area contributed by atoms with Crippen molar-refractivity contribution in [2.45, 2.75) is 135 Å². The Kier molecular flexibility index (Phi) is 26.2. The van der Waals surface area contributed by atoms with Gasteiger partial charge >= 0.3 is 25.7 Å². The van der Waals surface area contributed by atoms with Gasteiger partial charge in [0.25, 0.3) is 0 Å². The smallest absolute Gasteiger partial charge is 0.472 e. The maximum absolute atomic E-state index is 12.4. The Morgan fingerprint density at radius 3 is 1.86 bits per heavy atom. The van der Waals surface area contributed by atoms with E-state index in [1.54, 1.807) is 0 Å². The minimum Gasteiger partial charge on any atom is -0.480 e. The third kappa shape index (κ3) is 27.3. The predicted octanol–water partition coefficient (Wildman–Crippen LogP) is 6.77. The number of aliphatic carboxylic acids is 1. The number of nitrogens with two attached hydrogens (primary N) is 1. The molecule has 0 saturated heterocycles. The van der Waals surface area contributed by atoms with Gasteiger partial charge in [-0.1, -0.05) is 89.5 Å². The van der Waals surface area contributed by atoms with E-state index in [2.05, 4.69) is 35.8 Å². The number of unbranched alkanes of at least 4 members (excludes halogenated alkanes) is 11. The fourth-order valence-corrected chi connectivity index (χ4v) is 4.61. The van der Waals surface area contributed by atoms with Gasteiger partial charge in [-0.25, -0.2) is 4.57 Å². The van der Waals surface area contributed by atoms with Crippen LogP contribution in [0.2, 0.25) is 0 Å². The average Bonchev–Trinajstić information content (AvgIpc) is 2.97. The summed E-state index contributed by atoms with van der Waals surface area (Å²) in [6.07, 6.45) is 23.9. The number of hydrogen-bond donors (Lipinski definition) is 3. The Morgan fingerprint density at radius 2 is 1.26 bits per heavy atom. The van der Waals surface area contributed by atoms with Gasteiger partial charge in [-0.2, -0.15) is 0 Å². The highest BCUT2D eigenvalue weighted by Gasteiger charge is 2.28. The van der Waals surface area contributed by atoms with E-state index in [0.29, 0.717) is 12.8 Å². The van der Waals surface area contributed by atoms with E-state index in [0.717, 1.165) is 44.9 Å². The molecule has 0 bridgehead atoms. The molecule has 43 heavy (non-hydrogen) atoms. The summed E-state index contributed by atoms with van der Waals surface area (Å²) >= 11 is 0. The van der Waals surface area contributed by atoms with Crippen LogP contribution in [0.25, 0.3) is 0 Å². The molecule has 0 aromatic rings. The minimum absolute atomic E-state index is 0.152. The molecule has 0 aromatic carbocycles. The Hall–Kier alpha value is -2.04. The van der Waals surface area contributed by atoms with Crippen LogP contribution in [-0.4, -0.2) is 59.9 Å². The van der Waals surface area contributed by atoms with Crippen molar-refractivity contribution in [2.24, 2.45) is 5.73 Å². The van der Waals surface area contributed by atoms with Crippen LogP contribution in [0, 0.1) is 0 Å². The second-order valence-electron chi connectivity index (χ2n) is 10.6. The van der Waals surface area contributed by atoms with Crippen LogP contribution in [0.4, 0.5) is 0 Å². The first kappa shape index (κ1) is 41.0. The van der Waals surface area contributed by atoms with Gasteiger partial charge in [-0.3, -0.25) is 23.4 Å². The first-order valence-electron chi connectivity index (χ1n) is 15.9. The number of hydrogen-bond acceptors (Lipinski definition) is 9. The molecule has 12 heteroatoms. The molecule has 0 spiro atoms. The maximum Gasteiger partial charge on any atom is 0.472 e. The second-order valence-corrected chi connectivity index (χ2v) is 12.0. The van der Waals surface area contributed by atoms with Crippen molar-refractivity contribution < 1.29 is 47.5 Å². The van der Waals surface area contributed by atoms with Crippen LogP contribution in [0.5, 0.6) is 0 Å². The first-order valence-corrected chi connectivity index (χ1v) is 17.4. The van der Waals surface area contributed by atoms with Gasteiger partial charge in [0, 0.05) is 12.8 Å². The third-order valence-corrected chi connectivity index (χ3v) is 7.40. The second kappa shape index (κ2) is 27.5. The van der Waals surface area contributed by atoms with Crippen molar-refractivity contribution >= 4 is 25.7 Å². The van der Waals surface area contributed by atoms with E-state index < -0.39 is 51.1 Å². The Labute approximate surface area is 258 Å². The molecule has 4 N–H and O–H groups in total. The van der Waals surface area contributed by atoms with Crippen LogP contribution in [0.3, 0.4) is 0 Å². The standard InChI is InChI=1S/C31H56NO10P/c1-3-5-7-8-9-10-11-12-13-14-15-16-17-18-19-20-21-23-30(34)42-27(24-39-29(33)22-6-4-2)25-40-43(37,38)41-26-28(32)31(35)36/h9-10,12-13,27-28H,3-8,11,14-26,32H2,1-2H3,(H,35,36)(H,37,38)/b10-9-,13-12-. The lowest BCUT2D eigenvalue weighted by atomic mass is 10.1. The third-order valence-electron chi connectivity index (χ3n) is 6.45. The van der Waals surface area contributed by atoms with Gasteiger partial charge in [0.05, 0.1) is 13.2 Å². The van der Waals surface area contributed by atoms with E-state index in [4.69, 9.17) is 24.8 Å². The monoisotopic (exact) mass is 633 g/mol. The SMILES string of the molecule is CCCCC/C=C\C/C=C\CCCCCCCCCC(=O)OC(COC(=O)CCCC)COP(=O)(O)OCC(N)C(=O)O. The summed E-state index contributed by atoms with van der Waals surface area (Å²) in [5.74, 6) is -2.44. The number of ether oxygens (including phenoxy) is 2. The van der Waals surface area contributed by atoms with Crippen molar-refractivity contribution in [1.82, 2.24) is 0 Å². The molecule has 250 valence electrons. The summed E-state index contributed by atoms with van der Waals surface area (Å²) in [6.45, 7) is 2.44. The van der Waals surface area contributed by atoms with Crippen LogP contribution in [-0.2, 0) is 37.5 Å². The van der Waals surface area contributed by atoms with Crippen molar-refractivity contribution in [3.8, 4) is 0 Å². The van der Waals surface area contributed by atoms with Crippen LogP contribution < -0.4 is 5.73 Å². The molecular formula is C31H56NO10P. The van der Waals surface area contributed by atoms with Gasteiger partial charge in [0.1, 0.15) is 12.6 Å². The predicted molar refractivity (Wildman–Crippen MR) is 166 cm³/mol. The highest BCUT2D eigenvalue weighted by atomic mass is 31.2. The van der Waals surface area contributed by atoms with Crippen LogP contribution >= 0.6 is 7.82 Å². The maximum atomic E-state index is 12.4. The van der Waals surface area contributed by atoms with Crippen molar-refractivity contribution in [3.63, 3.8) is 0 Å². The van der Waals surface area contributed by atoms with Gasteiger partial charge in [0.15, 0.2) is 6.10 Å². The molecule has 11 nitrogen and oxygen atoms in total. The number of carbonyl (C=O) groups is 3. The summed E-state index contributed by atoms with van der Waals surface area (Å²) in [7, 11) is -4.69. The number of phosphoric acid groups is 1. The lowest BCUT2D eigenvalue weighted by Gasteiger charge is -2.20. The Morgan fingerprint density at radius 1 is 0.721 bits per heavy atom. The number of carbonyl (C=O) groups excluding carboxylic acids is 2. The number of phosphoric ester groups is 1. The molecule has 0 rings (SSSR count). The fourth-order valence-electron chi connectivity index (χ4n) is 3.83. The summed E-state index contributed by atoms with van der Waals surface area (Å²) in [5, 5.41) is 8.77. The molecule has 0 radical (unpaired) electrons. The molecule has 0 aliphatic carbocycles. The van der Waals surface area contributed by atoms with E-state index >= 15 is 0 Å². The van der Waals surface area contributed by atoms with Crippen molar-refractivity contribution in [2.75, 3.05) is 19.8 Å². The number of carboxylic acids is 1. The van der Waals surface area contributed by atoms with E-state index in [1.807, 2.05) is 6.92 Å². The van der Waals surface area contributed by atoms with E-state index in [9.17, 15) is 23.8 Å². The number of allylic oxidation sites excluding steroid dienone is 4. The summed E-state index contributed by atoms with van der Waals surface area (Å²) in [6, 6.07) is -1.52. The molecule has 0 heterocycles. The Balaban J connectivity index is 4.25. The number of rotatable bonds is 29. The molecule has 3 atom stereocenters. The number of esters is 2. The molecule has 0 aliphatic rings. The highest BCUT2D eigenvalue weighted by Crippen LogP contribution is 2.43. The molecular weight excluding hydrogens is 577 g/mol. The average molecular weight is 634 g/mol. The van der Waals surface area contributed by atoms with Crippen molar-refractivity contribution in [1.29, 1.82) is 0 Å². The molecule has 0 saturated carbocycles. The fraction of sp³-hybridized carbons (Fsp3) is 0.774. The lowest BCUT2D eigenvalue weighted by molar-refractivity contribution is -0.161. The van der Waals surface area contributed by atoms with E-state index in [1.165, 1.54) is 38.5 Å². The van der Waals surface area contributed by atoms with Gasteiger partial charge < -0.3 is 25.2 Å². The quantitative estimate of drug-likeness (QED) is 0.0343. The lowest BCUT2D eigenvalue weighted by Crippen LogP contribution is -2.34. The van der Waals surface area contributed by atoms with Gasteiger partial charge in [-0.15, -0.1) is 0 Å². The minimum atomic E-state index is -4.69. The zero-order chi connectivity index (χ0) is 32.2. The molecule has 0 fully saturated rings. The summed E-state index contributed by atoms with van der Waals surface area (Å²) in [4.78, 5) is 44.8. The van der Waals surface area contributed by atoms with Gasteiger partial charge in [0.2, 0.25) is 0 Å². The molecule has 0 amide bonds. The van der Waals surface area contributed by atoms with Crippen LogP contribution in [0.15, 0.2) is 24.3 Å². The molecule has 0 aliphatic heterocycles. The summed E-state index contributed by atoms with van der Waals surface area (Å²) < 4.78 is 31.9. The van der Waals surface area contributed by atoms with Gasteiger partial charge in [-0.05, 0) is 44.9 Å². The molecule has 0 aromatic heterocycles. The Bertz CT molecular complexity index is 848. The molecule has 3 unspecified atom stereocenters. The zero-order valence-electron chi connectivity index (χ0n) is 26.3. The zero-order valence-corrected chi connectivity index (χ0v) is 27.2. The largest absolute Gasteiger partial charge is 0.480 e. The summed E-state index contributed by atoms with van der Waals surface area (Å²) in [5.41, 5.74) is 5.26. The number of carboxylic acid groups (broad SMARTS) is 1.